The molecule has 0 spiro atoms. The van der Waals surface area contributed by atoms with Crippen molar-refractivity contribution in [2.24, 2.45) is 5.11 Å². The molecule has 0 aliphatic rings. The Morgan fingerprint density at radius 2 is 1.83 bits per heavy atom. The van der Waals surface area contributed by atoms with Crippen molar-refractivity contribution in [1.82, 2.24) is 0 Å². The van der Waals surface area contributed by atoms with Crippen LogP contribution in [0.2, 0.25) is 0 Å². The lowest BCUT2D eigenvalue weighted by Gasteiger charge is -2.11. The Morgan fingerprint density at radius 3 is 2.39 bits per heavy atom. The molecule has 0 bridgehead atoms. The van der Waals surface area contributed by atoms with Crippen molar-refractivity contribution in [3.05, 3.63) is 34.9 Å². The maximum absolute atomic E-state index is 11.2. The van der Waals surface area contributed by atoms with Gasteiger partial charge in [-0.2, -0.15) is 5.11 Å². The Morgan fingerprint density at radius 1 is 1.17 bits per heavy atom. The molecular formula is C13H14N2O2S. The Balaban J connectivity index is 2.96. The zero-order valence-corrected chi connectivity index (χ0v) is 11.3. The Labute approximate surface area is 108 Å². The number of hydrogen-bond donors (Lipinski definition) is 2. The molecule has 0 aliphatic heterocycles. The Bertz CT molecular complexity index is 680. The first kappa shape index (κ1) is 12.9. The first-order valence-corrected chi connectivity index (χ1v) is 6.59. The summed E-state index contributed by atoms with van der Waals surface area (Å²) < 4.78 is 20.3. The summed E-state index contributed by atoms with van der Waals surface area (Å²) in [5.74, 6) is 0. The van der Waals surface area contributed by atoms with Crippen molar-refractivity contribution >= 4 is 27.5 Å². The number of rotatable bonds is 2. The van der Waals surface area contributed by atoms with Crippen LogP contribution >= 0.6 is 0 Å². The highest BCUT2D eigenvalue weighted by molar-refractivity contribution is 7.79. The van der Waals surface area contributed by atoms with Crippen LogP contribution in [0.25, 0.3) is 10.8 Å². The van der Waals surface area contributed by atoms with Gasteiger partial charge in [0.1, 0.15) is 0 Å². The van der Waals surface area contributed by atoms with Crippen LogP contribution in [0.15, 0.2) is 28.2 Å². The molecule has 0 heterocycles. The lowest BCUT2D eigenvalue weighted by atomic mass is 9.97. The predicted octanol–water partition coefficient (Wildman–Crippen LogP) is 4.01. The van der Waals surface area contributed by atoms with Crippen LogP contribution in [-0.2, 0) is 11.1 Å². The minimum absolute atomic E-state index is 0.374. The fourth-order valence-corrected chi connectivity index (χ4v) is 2.68. The van der Waals surface area contributed by atoms with Gasteiger partial charge in [-0.05, 0) is 55.0 Å². The van der Waals surface area contributed by atoms with Gasteiger partial charge in [0.15, 0.2) is 11.1 Å². The summed E-state index contributed by atoms with van der Waals surface area (Å²) in [6.45, 7) is 5.74. The monoisotopic (exact) mass is 262 g/mol. The smallest absolute Gasteiger partial charge is 0.186 e. The van der Waals surface area contributed by atoms with E-state index in [-0.39, 0.29) is 0 Å². The molecule has 1 atom stereocenters. The van der Waals surface area contributed by atoms with E-state index in [1.165, 1.54) is 0 Å². The number of benzene rings is 2. The van der Waals surface area contributed by atoms with E-state index in [9.17, 15) is 4.21 Å². The molecule has 2 aromatic carbocycles. The summed E-state index contributed by atoms with van der Waals surface area (Å²) >= 11 is -1.99. The van der Waals surface area contributed by atoms with Gasteiger partial charge in [-0.15, -0.1) is 0 Å². The molecule has 1 unspecified atom stereocenters. The first-order valence-electron chi connectivity index (χ1n) is 5.48. The van der Waals surface area contributed by atoms with E-state index in [4.69, 9.17) is 10.1 Å². The third-order valence-electron chi connectivity index (χ3n) is 3.21. The van der Waals surface area contributed by atoms with Crippen LogP contribution in [-0.4, -0.2) is 8.76 Å². The van der Waals surface area contributed by atoms with E-state index >= 15 is 0 Å². The van der Waals surface area contributed by atoms with E-state index in [1.54, 1.807) is 12.1 Å². The standard InChI is InChI=1S/C13H14N2O2S/c1-7-4-10-6-11(18(16)17)5-8(2)12(10)13(15-14)9(7)3/h4-6,14H,1-3H3,(H,16,17). The van der Waals surface area contributed by atoms with E-state index in [0.29, 0.717) is 10.6 Å². The van der Waals surface area contributed by atoms with Crippen LogP contribution in [0.4, 0.5) is 5.69 Å². The number of aryl methyl sites for hydroxylation is 2. The first-order chi connectivity index (χ1) is 8.45. The van der Waals surface area contributed by atoms with Gasteiger partial charge in [0.05, 0.1) is 10.6 Å². The molecule has 2 N–H and O–H groups in total. The summed E-state index contributed by atoms with van der Waals surface area (Å²) in [5, 5.41) is 5.33. The molecule has 94 valence electrons. The van der Waals surface area contributed by atoms with Crippen molar-refractivity contribution < 1.29 is 8.76 Å². The maximum atomic E-state index is 11.2. The highest BCUT2D eigenvalue weighted by Crippen LogP contribution is 2.35. The third-order valence-corrected chi connectivity index (χ3v) is 3.85. The predicted molar refractivity (Wildman–Crippen MR) is 72.0 cm³/mol. The molecule has 18 heavy (non-hydrogen) atoms. The molecule has 5 heteroatoms. The van der Waals surface area contributed by atoms with Gasteiger partial charge >= 0.3 is 0 Å². The van der Waals surface area contributed by atoms with Crippen LogP contribution in [0, 0.1) is 26.3 Å². The summed E-state index contributed by atoms with van der Waals surface area (Å²) in [7, 11) is 0. The fourth-order valence-electron chi connectivity index (χ4n) is 2.17. The van der Waals surface area contributed by atoms with Crippen molar-refractivity contribution in [3.8, 4) is 0 Å². The SMILES string of the molecule is Cc1cc2cc(S(=O)O)cc(C)c2c(N=N)c1C. The average Bonchev–Trinajstić information content (AvgIpc) is 2.31. The molecule has 4 nitrogen and oxygen atoms in total. The molecular weight excluding hydrogens is 248 g/mol. The van der Waals surface area contributed by atoms with Gasteiger partial charge in [-0.25, -0.2) is 9.74 Å². The number of nitrogens with zero attached hydrogens (tertiary/aromatic N) is 1. The van der Waals surface area contributed by atoms with Crippen molar-refractivity contribution in [1.29, 1.82) is 5.53 Å². The van der Waals surface area contributed by atoms with Crippen molar-refractivity contribution in [2.75, 3.05) is 0 Å². The zero-order valence-electron chi connectivity index (χ0n) is 10.4. The molecule has 0 radical (unpaired) electrons. The average molecular weight is 262 g/mol. The molecule has 0 amide bonds. The number of fused-ring (bicyclic) bond motifs is 1. The van der Waals surface area contributed by atoms with E-state index in [0.717, 1.165) is 27.5 Å². The highest BCUT2D eigenvalue weighted by atomic mass is 32.2. The minimum Gasteiger partial charge on any atom is -0.302 e. The Kier molecular flexibility index (Phi) is 3.28. The van der Waals surface area contributed by atoms with E-state index < -0.39 is 11.1 Å². The van der Waals surface area contributed by atoms with Gasteiger partial charge < -0.3 is 4.55 Å². The second kappa shape index (κ2) is 4.59. The molecule has 2 aromatic rings. The summed E-state index contributed by atoms with van der Waals surface area (Å²) in [4.78, 5) is 0.374. The highest BCUT2D eigenvalue weighted by Gasteiger charge is 2.12. The molecule has 0 saturated carbocycles. The second-order valence-electron chi connectivity index (χ2n) is 4.37. The normalized spacial score (nSPS) is 12.7. The summed E-state index contributed by atoms with van der Waals surface area (Å²) in [6, 6.07) is 5.31. The van der Waals surface area contributed by atoms with Crippen molar-refractivity contribution in [2.45, 2.75) is 25.7 Å². The fraction of sp³-hybridized carbons (Fsp3) is 0.231. The number of nitrogens with one attached hydrogen (secondary N) is 1. The number of hydrogen-bond acceptors (Lipinski definition) is 3. The Hall–Kier alpha value is -1.59. The molecule has 0 aromatic heterocycles. The van der Waals surface area contributed by atoms with Crippen LogP contribution < -0.4 is 0 Å². The van der Waals surface area contributed by atoms with E-state index in [2.05, 4.69) is 5.11 Å². The lowest BCUT2D eigenvalue weighted by molar-refractivity contribution is 0.564. The van der Waals surface area contributed by atoms with Crippen LogP contribution in [0.5, 0.6) is 0 Å². The van der Waals surface area contributed by atoms with Crippen molar-refractivity contribution in [3.63, 3.8) is 0 Å². The summed E-state index contributed by atoms with van der Waals surface area (Å²) in [5.41, 5.74) is 10.8. The quantitative estimate of drug-likeness (QED) is 0.634. The van der Waals surface area contributed by atoms with Gasteiger partial charge in [0.25, 0.3) is 0 Å². The molecule has 0 saturated heterocycles. The maximum Gasteiger partial charge on any atom is 0.186 e. The van der Waals surface area contributed by atoms with Gasteiger partial charge in [-0.3, -0.25) is 0 Å². The van der Waals surface area contributed by atoms with Gasteiger partial charge in [0, 0.05) is 5.39 Å². The van der Waals surface area contributed by atoms with Gasteiger partial charge in [0.2, 0.25) is 0 Å². The van der Waals surface area contributed by atoms with Gasteiger partial charge in [-0.1, -0.05) is 6.07 Å². The second-order valence-corrected chi connectivity index (χ2v) is 5.34. The topological polar surface area (TPSA) is 73.5 Å². The third kappa shape index (κ3) is 1.95. The summed E-state index contributed by atoms with van der Waals surface area (Å²) in [6.07, 6.45) is 0. The molecule has 0 fully saturated rings. The minimum atomic E-state index is -1.99. The van der Waals surface area contributed by atoms with Crippen LogP contribution in [0.3, 0.4) is 0 Å². The van der Waals surface area contributed by atoms with E-state index in [1.807, 2.05) is 26.8 Å². The van der Waals surface area contributed by atoms with Crippen LogP contribution in [0.1, 0.15) is 16.7 Å². The largest absolute Gasteiger partial charge is 0.302 e. The zero-order chi connectivity index (χ0) is 13.4. The lowest BCUT2D eigenvalue weighted by Crippen LogP contribution is -1.93. The molecule has 0 aliphatic carbocycles. The molecule has 2 rings (SSSR count).